The summed E-state index contributed by atoms with van der Waals surface area (Å²) in [5, 5.41) is 24.2. The first-order chi connectivity index (χ1) is 10.00. The van der Waals surface area contributed by atoms with Gasteiger partial charge in [0.15, 0.2) is 5.84 Å². The summed E-state index contributed by atoms with van der Waals surface area (Å²) in [4.78, 5) is 12.3. The summed E-state index contributed by atoms with van der Waals surface area (Å²) in [6, 6.07) is 3.63. The number of nitrogens with one attached hydrogen (secondary N) is 1. The molecule has 0 atom stereocenters. The second kappa shape index (κ2) is 5.99. The molecule has 1 fully saturated rings. The predicted octanol–water partition coefficient (Wildman–Crippen LogP) is 1.71. The third kappa shape index (κ3) is 2.91. The highest BCUT2D eigenvalue weighted by Gasteiger charge is 2.39. The van der Waals surface area contributed by atoms with Crippen LogP contribution in [0.15, 0.2) is 23.4 Å². The van der Waals surface area contributed by atoms with Crippen LogP contribution >= 0.6 is 0 Å². The number of nitrogens with two attached hydrogens (primary N) is 1. The van der Waals surface area contributed by atoms with E-state index in [9.17, 15) is 14.3 Å². The lowest BCUT2D eigenvalue weighted by Gasteiger charge is -2.36. The predicted molar refractivity (Wildman–Crippen MR) is 74.8 cm³/mol. The summed E-state index contributed by atoms with van der Waals surface area (Å²) in [5.74, 6) is -2.15. The lowest BCUT2D eigenvalue weighted by atomic mass is 9.80. The minimum absolute atomic E-state index is 0.105. The van der Waals surface area contributed by atoms with E-state index in [-0.39, 0.29) is 5.84 Å². The van der Waals surface area contributed by atoms with Gasteiger partial charge in [-0.1, -0.05) is 30.5 Å². The average molecular weight is 295 g/mol. The number of carbonyl (C=O) groups excluding carboxylic acids is 1. The standard InChI is InChI=1S/C14H18FN3O3/c15-9-5-4-6-10(19)11(9)12(20)17-14(13(16)18-21)7-2-1-3-8-14/h4-6,19,21H,1-3,7-8H2,(H2,16,18)(H,17,20). The summed E-state index contributed by atoms with van der Waals surface area (Å²) in [6.45, 7) is 0. The second-order valence-corrected chi connectivity index (χ2v) is 5.22. The molecule has 0 aliphatic heterocycles. The maximum atomic E-state index is 13.7. The number of aromatic hydroxyl groups is 1. The summed E-state index contributed by atoms with van der Waals surface area (Å²) < 4.78 is 13.7. The Balaban J connectivity index is 2.31. The van der Waals surface area contributed by atoms with Gasteiger partial charge in [0, 0.05) is 0 Å². The Morgan fingerprint density at radius 3 is 2.57 bits per heavy atom. The molecule has 1 amide bonds. The Morgan fingerprint density at radius 2 is 2.00 bits per heavy atom. The molecule has 114 valence electrons. The van der Waals surface area contributed by atoms with Crippen molar-refractivity contribution in [3.05, 3.63) is 29.6 Å². The average Bonchev–Trinajstić information content (AvgIpc) is 2.47. The topological polar surface area (TPSA) is 108 Å². The first-order valence-corrected chi connectivity index (χ1v) is 6.78. The Bertz CT molecular complexity index is 548. The zero-order valence-electron chi connectivity index (χ0n) is 11.5. The van der Waals surface area contributed by atoms with Gasteiger partial charge in [-0.15, -0.1) is 0 Å². The third-order valence-electron chi connectivity index (χ3n) is 3.88. The summed E-state index contributed by atoms with van der Waals surface area (Å²) >= 11 is 0. The van der Waals surface area contributed by atoms with Gasteiger partial charge in [-0.25, -0.2) is 4.39 Å². The van der Waals surface area contributed by atoms with Crippen LogP contribution in [-0.2, 0) is 0 Å². The number of hydrogen-bond acceptors (Lipinski definition) is 4. The van der Waals surface area contributed by atoms with Gasteiger partial charge >= 0.3 is 0 Å². The number of halogens is 1. The van der Waals surface area contributed by atoms with Crippen LogP contribution in [0.25, 0.3) is 0 Å². The van der Waals surface area contributed by atoms with Crippen molar-refractivity contribution in [3.8, 4) is 5.75 Å². The molecular weight excluding hydrogens is 277 g/mol. The zero-order valence-corrected chi connectivity index (χ0v) is 11.5. The molecule has 1 aromatic rings. The van der Waals surface area contributed by atoms with E-state index in [0.29, 0.717) is 12.8 Å². The van der Waals surface area contributed by atoms with Gasteiger partial charge in [-0.2, -0.15) is 0 Å². The van der Waals surface area contributed by atoms with Crippen molar-refractivity contribution >= 4 is 11.7 Å². The van der Waals surface area contributed by atoms with Crippen molar-refractivity contribution in [1.29, 1.82) is 0 Å². The van der Waals surface area contributed by atoms with Gasteiger partial charge in [0.25, 0.3) is 5.91 Å². The van der Waals surface area contributed by atoms with Crippen LogP contribution in [0.5, 0.6) is 5.75 Å². The Hall–Kier alpha value is -2.31. The van der Waals surface area contributed by atoms with Crippen LogP contribution in [0.2, 0.25) is 0 Å². The van der Waals surface area contributed by atoms with Crippen LogP contribution in [0.1, 0.15) is 42.5 Å². The molecule has 0 saturated heterocycles. The van der Waals surface area contributed by atoms with Crippen LogP contribution in [0.4, 0.5) is 4.39 Å². The monoisotopic (exact) mass is 295 g/mol. The summed E-state index contributed by atoms with van der Waals surface area (Å²) in [5.41, 5.74) is 4.28. The number of amidine groups is 1. The van der Waals surface area contributed by atoms with Crippen LogP contribution in [0, 0.1) is 5.82 Å². The van der Waals surface area contributed by atoms with E-state index in [1.807, 2.05) is 0 Å². The Morgan fingerprint density at radius 1 is 1.33 bits per heavy atom. The largest absolute Gasteiger partial charge is 0.507 e. The fourth-order valence-corrected chi connectivity index (χ4v) is 2.71. The van der Waals surface area contributed by atoms with Gasteiger partial charge in [0.2, 0.25) is 0 Å². The second-order valence-electron chi connectivity index (χ2n) is 5.22. The molecule has 0 bridgehead atoms. The Kier molecular flexibility index (Phi) is 4.30. The number of carbonyl (C=O) groups is 1. The summed E-state index contributed by atoms with van der Waals surface area (Å²) in [7, 11) is 0. The number of nitrogens with zero attached hydrogens (tertiary/aromatic N) is 1. The number of benzene rings is 1. The number of oxime groups is 1. The molecule has 6 nitrogen and oxygen atoms in total. The molecule has 0 heterocycles. The molecule has 1 saturated carbocycles. The normalized spacial score (nSPS) is 18.2. The molecule has 1 aliphatic rings. The van der Waals surface area contributed by atoms with Crippen molar-refractivity contribution in [2.45, 2.75) is 37.6 Å². The highest BCUT2D eigenvalue weighted by atomic mass is 19.1. The SMILES string of the molecule is N/C(=N/O)C1(NC(=O)c2c(O)cccc2F)CCCCC1. The molecule has 1 aliphatic carbocycles. The van der Waals surface area contributed by atoms with E-state index in [1.165, 1.54) is 12.1 Å². The van der Waals surface area contributed by atoms with Crippen LogP contribution in [-0.4, -0.2) is 27.6 Å². The van der Waals surface area contributed by atoms with E-state index in [0.717, 1.165) is 25.3 Å². The molecule has 2 rings (SSSR count). The molecule has 0 radical (unpaired) electrons. The number of phenols is 1. The molecule has 5 N–H and O–H groups in total. The van der Waals surface area contributed by atoms with E-state index >= 15 is 0 Å². The molecule has 0 unspecified atom stereocenters. The summed E-state index contributed by atoms with van der Waals surface area (Å²) in [6.07, 6.45) is 3.61. The zero-order chi connectivity index (χ0) is 15.5. The van der Waals surface area contributed by atoms with E-state index < -0.39 is 28.6 Å². The number of rotatable bonds is 3. The number of amides is 1. The van der Waals surface area contributed by atoms with Crippen molar-refractivity contribution in [2.24, 2.45) is 10.9 Å². The van der Waals surface area contributed by atoms with Crippen molar-refractivity contribution < 1.29 is 19.5 Å². The minimum Gasteiger partial charge on any atom is -0.507 e. The van der Waals surface area contributed by atoms with Gasteiger partial charge < -0.3 is 21.4 Å². The number of phenolic OH excluding ortho intramolecular Hbond substituents is 1. The van der Waals surface area contributed by atoms with Crippen LogP contribution in [0.3, 0.4) is 0 Å². The minimum atomic E-state index is -1.00. The maximum Gasteiger partial charge on any atom is 0.258 e. The Labute approximate surface area is 121 Å². The fraction of sp³-hybridized carbons (Fsp3) is 0.429. The smallest absolute Gasteiger partial charge is 0.258 e. The highest BCUT2D eigenvalue weighted by molar-refractivity contribution is 6.02. The van der Waals surface area contributed by atoms with Gasteiger partial charge in [0.05, 0.1) is 0 Å². The van der Waals surface area contributed by atoms with E-state index in [4.69, 9.17) is 10.9 Å². The lowest BCUT2D eigenvalue weighted by molar-refractivity contribution is 0.0898. The fourth-order valence-electron chi connectivity index (χ4n) is 2.71. The van der Waals surface area contributed by atoms with Crippen molar-refractivity contribution in [2.75, 3.05) is 0 Å². The molecule has 0 spiro atoms. The van der Waals surface area contributed by atoms with Crippen molar-refractivity contribution in [3.63, 3.8) is 0 Å². The third-order valence-corrected chi connectivity index (χ3v) is 3.88. The first kappa shape index (κ1) is 15.1. The molecule has 7 heteroatoms. The molecule has 0 aromatic heterocycles. The number of hydrogen-bond donors (Lipinski definition) is 4. The van der Waals surface area contributed by atoms with E-state index in [1.54, 1.807) is 0 Å². The van der Waals surface area contributed by atoms with Crippen molar-refractivity contribution in [1.82, 2.24) is 5.32 Å². The van der Waals surface area contributed by atoms with Crippen LogP contribution < -0.4 is 11.1 Å². The lowest BCUT2D eigenvalue weighted by Crippen LogP contribution is -2.58. The maximum absolute atomic E-state index is 13.7. The van der Waals surface area contributed by atoms with Gasteiger partial charge in [0.1, 0.15) is 22.7 Å². The molecule has 21 heavy (non-hydrogen) atoms. The highest BCUT2D eigenvalue weighted by Crippen LogP contribution is 2.30. The molecule has 1 aromatic carbocycles. The van der Waals surface area contributed by atoms with E-state index in [2.05, 4.69) is 10.5 Å². The van der Waals surface area contributed by atoms with Gasteiger partial charge in [-0.05, 0) is 25.0 Å². The first-order valence-electron chi connectivity index (χ1n) is 6.78. The van der Waals surface area contributed by atoms with Gasteiger partial charge in [-0.3, -0.25) is 4.79 Å². The quantitative estimate of drug-likeness (QED) is 0.294. The molecular formula is C14H18FN3O3.